The number of halogens is 3. The predicted octanol–water partition coefficient (Wildman–Crippen LogP) is 5.91. The average molecular weight is 615 g/mol. The summed E-state index contributed by atoms with van der Waals surface area (Å²) >= 11 is 18.7. The van der Waals surface area contributed by atoms with Crippen molar-refractivity contribution in [3.63, 3.8) is 0 Å². The van der Waals surface area contributed by atoms with Gasteiger partial charge in [-0.05, 0) is 54.1 Å². The van der Waals surface area contributed by atoms with Crippen LogP contribution in [0.15, 0.2) is 79.4 Å². The Kier molecular flexibility index (Phi) is 8.67. The molecule has 2 atom stereocenters. The molecule has 0 saturated carbocycles. The highest BCUT2D eigenvalue weighted by atomic mass is 35.5. The standard InChI is InChI=1S/C30H30Cl3N5O3/c31-23-3-1-22(2-4-23)16-36-11-13-37(14-12-36)25-6-8-26(9-7-25)39-17-27-18-40-30(41-27,19-38-21-34-20-35-38)28-10-5-24(32)15-29(28)33/h1-10,15,20-21,27H,11-14,16-19H2. The van der Waals surface area contributed by atoms with Gasteiger partial charge in [0.05, 0.1) is 11.6 Å². The summed E-state index contributed by atoms with van der Waals surface area (Å²) in [5.74, 6) is -0.361. The Morgan fingerprint density at radius 1 is 0.902 bits per heavy atom. The second kappa shape index (κ2) is 12.6. The molecule has 0 aliphatic carbocycles. The van der Waals surface area contributed by atoms with E-state index in [-0.39, 0.29) is 12.6 Å². The minimum atomic E-state index is -1.14. The fourth-order valence-electron chi connectivity index (χ4n) is 5.24. The fraction of sp³-hybridized carbons (Fsp3) is 0.333. The molecule has 2 saturated heterocycles. The van der Waals surface area contributed by atoms with Crippen molar-refractivity contribution in [1.82, 2.24) is 19.7 Å². The third-order valence-electron chi connectivity index (χ3n) is 7.37. The molecule has 0 amide bonds. The van der Waals surface area contributed by atoms with Crippen LogP contribution in [0.2, 0.25) is 15.1 Å². The van der Waals surface area contributed by atoms with Gasteiger partial charge in [-0.1, -0.05) is 53.0 Å². The zero-order valence-corrected chi connectivity index (χ0v) is 24.6. The molecule has 2 fully saturated rings. The molecule has 11 heteroatoms. The Labute approximate surface area is 254 Å². The molecule has 3 aromatic carbocycles. The minimum Gasteiger partial charge on any atom is -0.491 e. The predicted molar refractivity (Wildman–Crippen MR) is 160 cm³/mol. The van der Waals surface area contributed by atoms with E-state index >= 15 is 0 Å². The third-order valence-corrected chi connectivity index (χ3v) is 8.17. The summed E-state index contributed by atoms with van der Waals surface area (Å²) in [5.41, 5.74) is 3.15. The molecule has 2 unspecified atom stereocenters. The highest BCUT2D eigenvalue weighted by Crippen LogP contribution is 2.40. The highest BCUT2D eigenvalue weighted by Gasteiger charge is 2.45. The first-order valence-corrected chi connectivity index (χ1v) is 14.6. The number of hydrogen-bond acceptors (Lipinski definition) is 7. The zero-order valence-electron chi connectivity index (χ0n) is 22.3. The summed E-state index contributed by atoms with van der Waals surface area (Å²) in [6.07, 6.45) is 2.78. The molecular formula is C30H30Cl3N5O3. The molecule has 6 rings (SSSR count). The van der Waals surface area contributed by atoms with E-state index < -0.39 is 5.79 Å². The minimum absolute atomic E-state index is 0.284. The van der Waals surface area contributed by atoms with Crippen LogP contribution in [0.5, 0.6) is 5.75 Å². The molecule has 0 N–H and O–H groups in total. The molecule has 2 aliphatic rings. The van der Waals surface area contributed by atoms with Gasteiger partial charge in [0.15, 0.2) is 0 Å². The Hall–Kier alpha value is -2.85. The molecule has 8 nitrogen and oxygen atoms in total. The topological polar surface area (TPSA) is 64.9 Å². The maximum atomic E-state index is 6.56. The maximum absolute atomic E-state index is 6.56. The number of aromatic nitrogens is 3. The second-order valence-electron chi connectivity index (χ2n) is 10.2. The maximum Gasteiger partial charge on any atom is 0.217 e. The van der Waals surface area contributed by atoms with Crippen molar-refractivity contribution < 1.29 is 14.2 Å². The summed E-state index contributed by atoms with van der Waals surface area (Å²) in [6.45, 7) is 5.85. The van der Waals surface area contributed by atoms with Crippen LogP contribution < -0.4 is 9.64 Å². The molecule has 4 aromatic rings. The summed E-state index contributed by atoms with van der Waals surface area (Å²) in [4.78, 5) is 8.92. The summed E-state index contributed by atoms with van der Waals surface area (Å²) in [7, 11) is 0. The first-order chi connectivity index (χ1) is 20.0. The third kappa shape index (κ3) is 6.80. The fourth-order valence-corrected chi connectivity index (χ4v) is 5.92. The number of rotatable bonds is 9. The van der Waals surface area contributed by atoms with Gasteiger partial charge in [0.1, 0.15) is 37.7 Å². The van der Waals surface area contributed by atoms with Crippen molar-refractivity contribution in [3.05, 3.63) is 106 Å². The van der Waals surface area contributed by atoms with E-state index in [4.69, 9.17) is 49.0 Å². The largest absolute Gasteiger partial charge is 0.491 e. The van der Waals surface area contributed by atoms with Crippen LogP contribution in [0, 0.1) is 0 Å². The van der Waals surface area contributed by atoms with Gasteiger partial charge >= 0.3 is 0 Å². The molecule has 214 valence electrons. The lowest BCUT2D eigenvalue weighted by atomic mass is 10.1. The van der Waals surface area contributed by atoms with Crippen molar-refractivity contribution in [3.8, 4) is 5.75 Å². The van der Waals surface area contributed by atoms with Gasteiger partial charge < -0.3 is 19.1 Å². The van der Waals surface area contributed by atoms with Gasteiger partial charge in [-0.3, -0.25) is 4.90 Å². The smallest absolute Gasteiger partial charge is 0.217 e. The zero-order chi connectivity index (χ0) is 28.2. The van der Waals surface area contributed by atoms with Crippen LogP contribution in [0.4, 0.5) is 5.69 Å². The van der Waals surface area contributed by atoms with E-state index in [1.807, 2.05) is 30.3 Å². The van der Waals surface area contributed by atoms with Crippen molar-refractivity contribution in [2.75, 3.05) is 44.3 Å². The van der Waals surface area contributed by atoms with Crippen molar-refractivity contribution >= 4 is 40.5 Å². The van der Waals surface area contributed by atoms with Crippen LogP contribution in [-0.4, -0.2) is 65.2 Å². The van der Waals surface area contributed by atoms with Gasteiger partial charge in [-0.15, -0.1) is 0 Å². The molecular weight excluding hydrogens is 585 g/mol. The van der Waals surface area contributed by atoms with E-state index in [0.717, 1.165) is 43.5 Å². The summed E-state index contributed by atoms with van der Waals surface area (Å²) < 4.78 is 20.4. The van der Waals surface area contributed by atoms with Crippen LogP contribution in [0.3, 0.4) is 0 Å². The Bertz CT molecular complexity index is 1430. The van der Waals surface area contributed by atoms with Gasteiger partial charge in [-0.2, -0.15) is 5.10 Å². The first kappa shape index (κ1) is 28.3. The van der Waals surface area contributed by atoms with Gasteiger partial charge in [0.2, 0.25) is 5.79 Å². The lowest BCUT2D eigenvalue weighted by Crippen LogP contribution is -2.45. The van der Waals surface area contributed by atoms with Crippen LogP contribution in [0.25, 0.3) is 0 Å². The number of piperazine rings is 1. The van der Waals surface area contributed by atoms with E-state index in [0.29, 0.717) is 28.8 Å². The number of nitrogens with zero attached hydrogens (tertiary/aromatic N) is 5. The molecule has 2 aliphatic heterocycles. The normalized spacial score (nSPS) is 21.3. The van der Waals surface area contributed by atoms with E-state index in [1.54, 1.807) is 23.1 Å². The van der Waals surface area contributed by atoms with Crippen LogP contribution in [-0.2, 0) is 28.4 Å². The van der Waals surface area contributed by atoms with Gasteiger partial charge in [-0.25, -0.2) is 9.67 Å². The number of benzene rings is 3. The Morgan fingerprint density at radius 3 is 2.37 bits per heavy atom. The monoisotopic (exact) mass is 613 g/mol. The molecule has 0 bridgehead atoms. The SMILES string of the molecule is Clc1ccc(CN2CCN(c3ccc(OCC4COC(Cn5cncn5)(c5ccc(Cl)cc5Cl)O4)cc3)CC2)cc1. The summed E-state index contributed by atoms with van der Waals surface area (Å²) in [5, 5.41) is 5.99. The van der Waals surface area contributed by atoms with E-state index in [1.165, 1.54) is 17.6 Å². The number of hydrogen-bond donors (Lipinski definition) is 0. The van der Waals surface area contributed by atoms with Gasteiger partial charge in [0, 0.05) is 54.0 Å². The lowest BCUT2D eigenvalue weighted by molar-refractivity contribution is -0.190. The quantitative estimate of drug-likeness (QED) is 0.232. The van der Waals surface area contributed by atoms with Crippen molar-refractivity contribution in [2.24, 2.45) is 0 Å². The molecule has 0 radical (unpaired) electrons. The molecule has 41 heavy (non-hydrogen) atoms. The second-order valence-corrected chi connectivity index (χ2v) is 11.5. The first-order valence-electron chi connectivity index (χ1n) is 13.5. The summed E-state index contributed by atoms with van der Waals surface area (Å²) in [6, 6.07) is 21.6. The number of ether oxygens (including phenoxy) is 3. The Morgan fingerprint density at radius 2 is 1.66 bits per heavy atom. The van der Waals surface area contributed by atoms with Crippen LogP contribution in [0.1, 0.15) is 11.1 Å². The molecule has 3 heterocycles. The number of anilines is 1. The van der Waals surface area contributed by atoms with Crippen molar-refractivity contribution in [2.45, 2.75) is 25.0 Å². The van der Waals surface area contributed by atoms with Crippen LogP contribution >= 0.6 is 34.8 Å². The molecule has 0 spiro atoms. The van der Waals surface area contributed by atoms with E-state index in [9.17, 15) is 0 Å². The highest BCUT2D eigenvalue weighted by molar-refractivity contribution is 6.35. The van der Waals surface area contributed by atoms with E-state index in [2.05, 4.69) is 44.1 Å². The molecule has 1 aromatic heterocycles. The Balaban J connectivity index is 1.03. The lowest BCUT2D eigenvalue weighted by Gasteiger charge is -2.36. The van der Waals surface area contributed by atoms with Gasteiger partial charge in [0.25, 0.3) is 0 Å². The average Bonchev–Trinajstić information content (AvgIpc) is 3.64. The van der Waals surface area contributed by atoms with Crippen molar-refractivity contribution in [1.29, 1.82) is 0 Å².